The number of aromatic amines is 1. The van der Waals surface area contributed by atoms with Crippen LogP contribution in [0.1, 0.15) is 23.7 Å². The molecule has 1 aliphatic carbocycles. The molecule has 5 nitrogen and oxygen atoms in total. The van der Waals surface area contributed by atoms with Crippen molar-refractivity contribution in [2.45, 2.75) is 30.5 Å². The first kappa shape index (κ1) is 15.3. The molecule has 1 heterocycles. The molecule has 0 unspecified atom stereocenters. The molecule has 22 heavy (non-hydrogen) atoms. The number of hydrogen-bond donors (Lipinski definition) is 2. The van der Waals surface area contributed by atoms with Crippen molar-refractivity contribution >= 4 is 29.3 Å². The summed E-state index contributed by atoms with van der Waals surface area (Å²) in [4.78, 5) is 16.0. The Hall–Kier alpha value is -1.60. The van der Waals surface area contributed by atoms with Crippen LogP contribution in [0, 0.1) is 12.7 Å². The lowest BCUT2D eigenvalue weighted by molar-refractivity contribution is -0.118. The fourth-order valence-corrected chi connectivity index (χ4v) is 3.00. The minimum absolute atomic E-state index is 0.0579. The number of aryl methyl sites for hydroxylation is 1. The van der Waals surface area contributed by atoms with Gasteiger partial charge in [-0.05, 0) is 31.0 Å². The molecule has 0 radical (unpaired) electrons. The summed E-state index contributed by atoms with van der Waals surface area (Å²) in [5, 5.41) is 10.3. The second-order valence-electron chi connectivity index (χ2n) is 5.18. The molecule has 0 saturated heterocycles. The fraction of sp³-hybridized carbons (Fsp3) is 0.357. The highest BCUT2D eigenvalue weighted by molar-refractivity contribution is 7.99. The van der Waals surface area contributed by atoms with Crippen molar-refractivity contribution in [3.05, 3.63) is 40.4 Å². The molecular weight excluding hydrogens is 327 g/mol. The van der Waals surface area contributed by atoms with Crippen LogP contribution in [0.15, 0.2) is 23.4 Å². The van der Waals surface area contributed by atoms with Gasteiger partial charge in [0.1, 0.15) is 11.6 Å². The topological polar surface area (TPSA) is 70.7 Å². The maximum atomic E-state index is 13.4. The minimum atomic E-state index is -0.424. The minimum Gasteiger partial charge on any atom is -0.352 e. The van der Waals surface area contributed by atoms with Crippen LogP contribution in [-0.2, 0) is 4.79 Å². The monoisotopic (exact) mass is 340 g/mol. The molecule has 0 bridgehead atoms. The summed E-state index contributed by atoms with van der Waals surface area (Å²) in [6, 6.07) is 4.84. The van der Waals surface area contributed by atoms with E-state index in [1.54, 1.807) is 19.1 Å². The molecule has 3 rings (SSSR count). The summed E-state index contributed by atoms with van der Waals surface area (Å²) in [6.07, 6.45) is 0.817. The number of amides is 1. The summed E-state index contributed by atoms with van der Waals surface area (Å²) in [5.41, 5.74) is 0.865. The summed E-state index contributed by atoms with van der Waals surface area (Å²) >= 11 is 6.94. The van der Waals surface area contributed by atoms with E-state index in [1.165, 1.54) is 17.8 Å². The van der Waals surface area contributed by atoms with Crippen molar-refractivity contribution < 1.29 is 9.18 Å². The normalized spacial score (nSPS) is 20.0. The van der Waals surface area contributed by atoms with E-state index in [4.69, 9.17) is 11.6 Å². The van der Waals surface area contributed by atoms with Gasteiger partial charge in [-0.3, -0.25) is 9.89 Å². The summed E-state index contributed by atoms with van der Waals surface area (Å²) in [7, 11) is 0. The number of nitrogens with zero attached hydrogens (tertiary/aromatic N) is 2. The van der Waals surface area contributed by atoms with E-state index in [2.05, 4.69) is 20.5 Å². The van der Waals surface area contributed by atoms with E-state index >= 15 is 0 Å². The average Bonchev–Trinajstić information content (AvgIpc) is 3.11. The molecule has 1 fully saturated rings. The summed E-state index contributed by atoms with van der Waals surface area (Å²) in [5.74, 6) is 0.637. The zero-order valence-electron chi connectivity index (χ0n) is 11.8. The average molecular weight is 341 g/mol. The molecular formula is C14H14ClFN4OS. The number of carbonyl (C=O) groups excluding carboxylic acids is 1. The Morgan fingerprint density at radius 1 is 1.59 bits per heavy atom. The fourth-order valence-electron chi connectivity index (χ4n) is 2.23. The lowest BCUT2D eigenvalue weighted by atomic mass is 10.1. The van der Waals surface area contributed by atoms with Gasteiger partial charge in [0.2, 0.25) is 11.1 Å². The van der Waals surface area contributed by atoms with Crippen LogP contribution in [0.5, 0.6) is 0 Å². The van der Waals surface area contributed by atoms with E-state index in [0.29, 0.717) is 5.16 Å². The zero-order valence-corrected chi connectivity index (χ0v) is 13.3. The third kappa shape index (κ3) is 3.59. The van der Waals surface area contributed by atoms with Gasteiger partial charge >= 0.3 is 0 Å². The van der Waals surface area contributed by atoms with Crippen molar-refractivity contribution in [1.29, 1.82) is 0 Å². The Labute approximate surface area is 136 Å². The second kappa shape index (κ2) is 6.26. The third-order valence-electron chi connectivity index (χ3n) is 3.42. The number of aromatic nitrogens is 3. The van der Waals surface area contributed by atoms with Crippen molar-refractivity contribution in [2.75, 3.05) is 5.75 Å². The number of nitrogens with one attached hydrogen (secondary N) is 2. The quantitative estimate of drug-likeness (QED) is 0.821. The van der Waals surface area contributed by atoms with Gasteiger partial charge in [0.05, 0.1) is 10.8 Å². The highest BCUT2D eigenvalue weighted by Crippen LogP contribution is 2.41. The molecule has 116 valence electrons. The lowest BCUT2D eigenvalue weighted by Gasteiger charge is -2.04. The Bertz CT molecular complexity index is 708. The number of thioether (sulfide) groups is 1. The zero-order chi connectivity index (χ0) is 15.7. The second-order valence-corrected chi connectivity index (χ2v) is 6.53. The summed E-state index contributed by atoms with van der Waals surface area (Å²) in [6.45, 7) is 1.80. The Balaban J connectivity index is 1.48. The number of benzene rings is 1. The highest BCUT2D eigenvalue weighted by Gasteiger charge is 2.39. The Morgan fingerprint density at radius 3 is 3.09 bits per heavy atom. The van der Waals surface area contributed by atoms with Crippen molar-refractivity contribution in [1.82, 2.24) is 20.5 Å². The van der Waals surface area contributed by atoms with Crippen LogP contribution < -0.4 is 5.32 Å². The van der Waals surface area contributed by atoms with E-state index in [0.717, 1.165) is 17.8 Å². The maximum Gasteiger partial charge on any atom is 0.230 e. The molecule has 2 aromatic rings. The summed E-state index contributed by atoms with van der Waals surface area (Å²) < 4.78 is 13.4. The smallest absolute Gasteiger partial charge is 0.230 e. The predicted molar refractivity (Wildman–Crippen MR) is 82.5 cm³/mol. The van der Waals surface area contributed by atoms with Gasteiger partial charge in [0.25, 0.3) is 0 Å². The van der Waals surface area contributed by atoms with E-state index < -0.39 is 5.82 Å². The molecule has 1 amide bonds. The number of halogens is 2. The highest BCUT2D eigenvalue weighted by atomic mass is 35.5. The third-order valence-corrected chi connectivity index (χ3v) is 4.57. The molecule has 1 aromatic carbocycles. The molecule has 1 aliphatic rings. The lowest BCUT2D eigenvalue weighted by Crippen LogP contribution is -2.28. The van der Waals surface area contributed by atoms with Crippen LogP contribution in [0.2, 0.25) is 5.02 Å². The molecule has 1 aromatic heterocycles. The SMILES string of the molecule is Cc1nc(SCC(=O)N[C@@H]2C[C@H]2c2ccc(Cl)c(F)c2)n[nH]1. The first-order chi connectivity index (χ1) is 10.5. The molecule has 2 N–H and O–H groups in total. The van der Waals surface area contributed by atoms with E-state index in [9.17, 15) is 9.18 Å². The van der Waals surface area contributed by atoms with Crippen LogP contribution in [0.4, 0.5) is 4.39 Å². The maximum absolute atomic E-state index is 13.4. The number of H-pyrrole nitrogens is 1. The number of hydrogen-bond acceptors (Lipinski definition) is 4. The van der Waals surface area contributed by atoms with Crippen LogP contribution in [0.3, 0.4) is 0 Å². The number of carbonyl (C=O) groups is 1. The molecule has 0 spiro atoms. The number of rotatable bonds is 5. The van der Waals surface area contributed by atoms with Gasteiger partial charge in [0, 0.05) is 12.0 Å². The van der Waals surface area contributed by atoms with Crippen LogP contribution in [-0.4, -0.2) is 32.9 Å². The van der Waals surface area contributed by atoms with Gasteiger partial charge in [-0.2, -0.15) is 0 Å². The van der Waals surface area contributed by atoms with Crippen molar-refractivity contribution in [3.8, 4) is 0 Å². The first-order valence-corrected chi connectivity index (χ1v) is 8.15. The first-order valence-electron chi connectivity index (χ1n) is 6.79. The molecule has 0 aliphatic heterocycles. The van der Waals surface area contributed by atoms with Gasteiger partial charge in [0.15, 0.2) is 0 Å². The molecule has 2 atom stereocenters. The van der Waals surface area contributed by atoms with Gasteiger partial charge in [-0.15, -0.1) is 5.10 Å². The van der Waals surface area contributed by atoms with Gasteiger partial charge < -0.3 is 5.32 Å². The molecule has 8 heteroatoms. The van der Waals surface area contributed by atoms with E-state index in [-0.39, 0.29) is 28.6 Å². The standard InChI is InChI=1S/C14H14ClFN4OS/c1-7-17-14(20-19-7)22-6-13(21)18-12-5-9(12)8-2-3-10(15)11(16)4-8/h2-4,9,12H,5-6H2,1H3,(H,18,21)(H,17,19,20)/t9-,12+/m0/s1. The van der Waals surface area contributed by atoms with Gasteiger partial charge in [-0.25, -0.2) is 9.37 Å². The van der Waals surface area contributed by atoms with Gasteiger partial charge in [-0.1, -0.05) is 29.4 Å². The van der Waals surface area contributed by atoms with Crippen LogP contribution >= 0.6 is 23.4 Å². The Kier molecular flexibility index (Phi) is 4.35. The Morgan fingerprint density at radius 2 is 2.41 bits per heavy atom. The molecule has 1 saturated carbocycles. The van der Waals surface area contributed by atoms with Crippen molar-refractivity contribution in [3.63, 3.8) is 0 Å². The van der Waals surface area contributed by atoms with E-state index in [1.807, 2.05) is 0 Å². The van der Waals surface area contributed by atoms with Crippen molar-refractivity contribution in [2.24, 2.45) is 0 Å². The largest absolute Gasteiger partial charge is 0.352 e. The predicted octanol–water partition coefficient (Wildman–Crippen LogP) is 2.67. The van der Waals surface area contributed by atoms with Crippen LogP contribution in [0.25, 0.3) is 0 Å².